The summed E-state index contributed by atoms with van der Waals surface area (Å²) >= 11 is 0. The van der Waals surface area contributed by atoms with Crippen molar-refractivity contribution < 1.29 is 9.47 Å². The summed E-state index contributed by atoms with van der Waals surface area (Å²) in [6, 6.07) is 7.78. The van der Waals surface area contributed by atoms with Crippen LogP contribution in [0.2, 0.25) is 0 Å². The van der Waals surface area contributed by atoms with Gasteiger partial charge >= 0.3 is 0 Å². The Morgan fingerprint density at radius 1 is 1.35 bits per heavy atom. The Hall–Kier alpha value is -1.73. The third kappa shape index (κ3) is 3.97. The van der Waals surface area contributed by atoms with Crippen LogP contribution in [0.25, 0.3) is 0 Å². The lowest BCUT2D eigenvalue weighted by Gasteiger charge is -2.13. The number of hydrogen-bond donors (Lipinski definition) is 1. The van der Waals surface area contributed by atoms with E-state index >= 15 is 0 Å². The first kappa shape index (κ1) is 13.3. The number of unbranched alkanes of at least 4 members (excludes halogenated alkanes) is 2. The van der Waals surface area contributed by atoms with Crippen molar-refractivity contribution in [1.29, 1.82) is 5.26 Å². The van der Waals surface area contributed by atoms with E-state index in [-0.39, 0.29) is 0 Å². The summed E-state index contributed by atoms with van der Waals surface area (Å²) in [6.45, 7) is 1.000. The highest BCUT2D eigenvalue weighted by atomic mass is 16.5. The summed E-state index contributed by atoms with van der Waals surface area (Å²) in [5.74, 6) is 1.42. The monoisotopic (exact) mass is 234 g/mol. The first-order chi connectivity index (χ1) is 8.33. The van der Waals surface area contributed by atoms with Gasteiger partial charge in [0.1, 0.15) is 0 Å². The largest absolute Gasteiger partial charge is 0.493 e. The molecule has 1 aromatic rings. The van der Waals surface area contributed by atoms with Crippen LogP contribution in [0.15, 0.2) is 18.2 Å². The number of nitrogens with zero attached hydrogens (tertiary/aromatic N) is 1. The Morgan fingerprint density at radius 2 is 2.18 bits per heavy atom. The van der Waals surface area contributed by atoms with Crippen LogP contribution in [0, 0.1) is 11.3 Å². The molecule has 0 fully saturated rings. The number of nitrogens with two attached hydrogens (primary N) is 1. The molecule has 1 aromatic carbocycles. The molecule has 1 rings (SSSR count). The second-order valence-electron chi connectivity index (χ2n) is 3.62. The Balaban J connectivity index is 2.59. The molecule has 4 heteroatoms. The summed E-state index contributed by atoms with van der Waals surface area (Å²) in [6.07, 6.45) is 2.28. The summed E-state index contributed by atoms with van der Waals surface area (Å²) in [7, 11) is 1.61. The molecule has 0 radical (unpaired) electrons. The molecule has 92 valence electrons. The molecular formula is C13H18N2O2. The van der Waals surface area contributed by atoms with Gasteiger partial charge in [0.2, 0.25) is 0 Å². The molecule has 0 atom stereocenters. The van der Waals surface area contributed by atoms with Crippen molar-refractivity contribution in [1.82, 2.24) is 0 Å². The molecule has 0 saturated heterocycles. The number of ether oxygens (including phenoxy) is 2. The molecule has 17 heavy (non-hydrogen) atoms. The van der Waals surface area contributed by atoms with Crippen molar-refractivity contribution in [3.63, 3.8) is 0 Å². The molecule has 0 amide bonds. The van der Waals surface area contributed by atoms with Gasteiger partial charge in [-0.3, -0.25) is 0 Å². The first-order valence-electron chi connectivity index (χ1n) is 5.69. The topological polar surface area (TPSA) is 68.3 Å². The van der Waals surface area contributed by atoms with Crippen LogP contribution in [0.5, 0.6) is 11.5 Å². The second kappa shape index (κ2) is 7.53. The van der Waals surface area contributed by atoms with E-state index in [1.54, 1.807) is 7.11 Å². The van der Waals surface area contributed by atoms with Gasteiger partial charge in [0.15, 0.2) is 11.5 Å². The van der Waals surface area contributed by atoms with Gasteiger partial charge in [0, 0.05) is 18.5 Å². The smallest absolute Gasteiger partial charge is 0.165 e. The third-order valence-electron chi connectivity index (χ3n) is 2.43. The van der Waals surface area contributed by atoms with Crippen molar-refractivity contribution in [2.24, 2.45) is 5.73 Å². The van der Waals surface area contributed by atoms with E-state index in [0.29, 0.717) is 25.3 Å². The summed E-state index contributed by atoms with van der Waals surface area (Å²) in [5, 5.41) is 8.42. The van der Waals surface area contributed by atoms with Gasteiger partial charge in [-0.05, 0) is 18.9 Å². The van der Waals surface area contributed by atoms with Gasteiger partial charge in [-0.1, -0.05) is 12.1 Å². The number of rotatable bonds is 7. The zero-order valence-electron chi connectivity index (χ0n) is 10.1. The number of para-hydroxylation sites is 1. The molecule has 0 aliphatic heterocycles. The molecule has 0 aliphatic rings. The van der Waals surface area contributed by atoms with Crippen LogP contribution in [-0.2, 0) is 6.54 Å². The number of hydrogen-bond acceptors (Lipinski definition) is 4. The van der Waals surface area contributed by atoms with Gasteiger partial charge in [-0.25, -0.2) is 0 Å². The van der Waals surface area contributed by atoms with E-state index in [2.05, 4.69) is 6.07 Å². The molecule has 0 unspecified atom stereocenters. The van der Waals surface area contributed by atoms with Crippen LogP contribution in [0.4, 0.5) is 0 Å². The number of benzene rings is 1. The summed E-state index contributed by atoms with van der Waals surface area (Å²) in [4.78, 5) is 0. The minimum Gasteiger partial charge on any atom is -0.493 e. The highest BCUT2D eigenvalue weighted by Gasteiger charge is 2.08. The average Bonchev–Trinajstić information content (AvgIpc) is 2.38. The quantitative estimate of drug-likeness (QED) is 0.734. The fourth-order valence-corrected chi connectivity index (χ4v) is 1.53. The van der Waals surface area contributed by atoms with Gasteiger partial charge < -0.3 is 15.2 Å². The lowest BCUT2D eigenvalue weighted by molar-refractivity contribution is 0.284. The third-order valence-corrected chi connectivity index (χ3v) is 2.43. The Bertz CT molecular complexity index is 363. The fourth-order valence-electron chi connectivity index (χ4n) is 1.53. The van der Waals surface area contributed by atoms with E-state index < -0.39 is 0 Å². The predicted molar refractivity (Wildman–Crippen MR) is 65.8 cm³/mol. The van der Waals surface area contributed by atoms with Crippen molar-refractivity contribution in [2.75, 3.05) is 13.7 Å². The Morgan fingerprint density at radius 3 is 2.82 bits per heavy atom. The first-order valence-corrected chi connectivity index (χ1v) is 5.69. The minimum absolute atomic E-state index is 0.421. The SMILES string of the molecule is COc1cccc(CN)c1OCCCCC#N. The lowest BCUT2D eigenvalue weighted by atomic mass is 10.2. The van der Waals surface area contributed by atoms with Crippen molar-refractivity contribution in [3.8, 4) is 17.6 Å². The van der Waals surface area contributed by atoms with Crippen molar-refractivity contribution >= 4 is 0 Å². The van der Waals surface area contributed by atoms with Crippen LogP contribution in [-0.4, -0.2) is 13.7 Å². The lowest BCUT2D eigenvalue weighted by Crippen LogP contribution is -2.05. The minimum atomic E-state index is 0.421. The van der Waals surface area contributed by atoms with Crippen molar-refractivity contribution in [3.05, 3.63) is 23.8 Å². The van der Waals surface area contributed by atoms with Crippen LogP contribution in [0.3, 0.4) is 0 Å². The summed E-state index contributed by atoms with van der Waals surface area (Å²) in [5.41, 5.74) is 6.58. The van der Waals surface area contributed by atoms with Crippen LogP contribution >= 0.6 is 0 Å². The normalized spacial score (nSPS) is 9.71. The molecule has 0 bridgehead atoms. The van der Waals surface area contributed by atoms with Gasteiger partial charge in [-0.15, -0.1) is 0 Å². The second-order valence-corrected chi connectivity index (χ2v) is 3.62. The molecule has 0 heterocycles. The predicted octanol–water partition coefficient (Wildman–Crippen LogP) is 2.23. The standard InChI is InChI=1S/C13H18N2O2/c1-16-12-7-5-6-11(10-15)13(12)17-9-4-2-3-8-14/h5-7H,2-4,9-10,15H2,1H3. The van der Waals surface area contributed by atoms with Gasteiger partial charge in [-0.2, -0.15) is 5.26 Å². The molecular weight excluding hydrogens is 216 g/mol. The molecule has 4 nitrogen and oxygen atoms in total. The fraction of sp³-hybridized carbons (Fsp3) is 0.462. The maximum Gasteiger partial charge on any atom is 0.165 e. The highest BCUT2D eigenvalue weighted by molar-refractivity contribution is 5.46. The summed E-state index contributed by atoms with van der Waals surface area (Å²) < 4.78 is 10.9. The van der Waals surface area contributed by atoms with Crippen molar-refractivity contribution in [2.45, 2.75) is 25.8 Å². The molecule has 2 N–H and O–H groups in total. The number of nitriles is 1. The van der Waals surface area contributed by atoms with E-state index in [9.17, 15) is 0 Å². The van der Waals surface area contributed by atoms with Crippen LogP contribution in [0.1, 0.15) is 24.8 Å². The van der Waals surface area contributed by atoms with Gasteiger partial charge in [0.05, 0.1) is 19.8 Å². The van der Waals surface area contributed by atoms with E-state index in [1.165, 1.54) is 0 Å². The van der Waals surface area contributed by atoms with Gasteiger partial charge in [0.25, 0.3) is 0 Å². The van der Waals surface area contributed by atoms with E-state index in [4.69, 9.17) is 20.5 Å². The Kier molecular flexibility index (Phi) is 5.91. The van der Waals surface area contributed by atoms with E-state index in [0.717, 1.165) is 24.2 Å². The highest BCUT2D eigenvalue weighted by Crippen LogP contribution is 2.30. The average molecular weight is 234 g/mol. The zero-order chi connectivity index (χ0) is 12.5. The Labute approximate surface area is 102 Å². The maximum absolute atomic E-state index is 8.42. The van der Waals surface area contributed by atoms with E-state index in [1.807, 2.05) is 18.2 Å². The number of methoxy groups -OCH3 is 1. The molecule has 0 aliphatic carbocycles. The maximum atomic E-state index is 8.42. The molecule has 0 saturated carbocycles. The van der Waals surface area contributed by atoms with Crippen LogP contribution < -0.4 is 15.2 Å². The molecule has 0 spiro atoms. The molecule has 0 aromatic heterocycles. The zero-order valence-corrected chi connectivity index (χ0v) is 10.1.